The van der Waals surface area contributed by atoms with Gasteiger partial charge in [-0.2, -0.15) is 0 Å². The third-order valence-electron chi connectivity index (χ3n) is 9.39. The van der Waals surface area contributed by atoms with Crippen molar-refractivity contribution < 1.29 is 19.7 Å². The van der Waals surface area contributed by atoms with E-state index >= 15 is 0 Å². The minimum Gasteiger partial charge on any atom is -0.496 e. The SMILES string of the molecule is COc1ccc(C(O)(c2ccccc2)c2ccccc2)c2c1-c1c(OC)ccc(C(O)(c3ccccc3)c3ccccc3)c1CNC2. The van der Waals surface area contributed by atoms with Gasteiger partial charge in [-0.25, -0.2) is 0 Å². The number of fused-ring (bicyclic) bond motifs is 3. The summed E-state index contributed by atoms with van der Waals surface area (Å²) in [4.78, 5) is 0. The van der Waals surface area contributed by atoms with Crippen LogP contribution in [0.2, 0.25) is 0 Å². The summed E-state index contributed by atoms with van der Waals surface area (Å²) in [5.74, 6) is 1.30. The van der Waals surface area contributed by atoms with Crippen molar-refractivity contribution in [3.63, 3.8) is 0 Å². The molecule has 0 bridgehead atoms. The van der Waals surface area contributed by atoms with E-state index in [9.17, 15) is 10.2 Å². The molecule has 0 saturated carbocycles. The van der Waals surface area contributed by atoms with E-state index in [1.54, 1.807) is 14.2 Å². The topological polar surface area (TPSA) is 71.0 Å². The van der Waals surface area contributed by atoms with Gasteiger partial charge in [0, 0.05) is 24.2 Å². The molecule has 0 aliphatic carbocycles. The van der Waals surface area contributed by atoms with Gasteiger partial charge >= 0.3 is 0 Å². The average molecular weight is 620 g/mol. The zero-order valence-corrected chi connectivity index (χ0v) is 26.5. The molecule has 1 aliphatic heterocycles. The molecule has 0 atom stereocenters. The molecule has 0 spiro atoms. The second-order valence-corrected chi connectivity index (χ2v) is 11.8. The number of hydrogen-bond donors (Lipinski definition) is 3. The van der Waals surface area contributed by atoms with Gasteiger partial charge in [0.2, 0.25) is 0 Å². The van der Waals surface area contributed by atoms with Crippen LogP contribution in [-0.4, -0.2) is 24.4 Å². The minimum absolute atomic E-state index is 0.441. The molecule has 3 N–H and O–H groups in total. The van der Waals surface area contributed by atoms with E-state index in [2.05, 4.69) is 5.32 Å². The summed E-state index contributed by atoms with van der Waals surface area (Å²) in [6.07, 6.45) is 0. The van der Waals surface area contributed by atoms with Crippen LogP contribution in [0.4, 0.5) is 0 Å². The Morgan fingerprint density at radius 3 is 1.02 bits per heavy atom. The van der Waals surface area contributed by atoms with Gasteiger partial charge in [0.15, 0.2) is 0 Å². The van der Waals surface area contributed by atoms with E-state index in [1.807, 2.05) is 146 Å². The Hall–Kier alpha value is -5.20. The van der Waals surface area contributed by atoms with Crippen molar-refractivity contribution in [3.05, 3.63) is 190 Å². The van der Waals surface area contributed by atoms with Crippen LogP contribution in [0, 0.1) is 0 Å². The Morgan fingerprint density at radius 2 is 0.745 bits per heavy atom. The summed E-state index contributed by atoms with van der Waals surface area (Å²) in [6, 6.07) is 46.8. The fraction of sp³-hybridized carbons (Fsp3) is 0.143. The monoisotopic (exact) mass is 619 g/mol. The molecule has 1 aliphatic rings. The van der Waals surface area contributed by atoms with Gasteiger partial charge in [0.05, 0.1) is 14.2 Å². The van der Waals surface area contributed by atoms with Gasteiger partial charge in [0.1, 0.15) is 22.7 Å². The van der Waals surface area contributed by atoms with E-state index < -0.39 is 11.2 Å². The lowest BCUT2D eigenvalue weighted by molar-refractivity contribution is 0.124. The predicted octanol–water partition coefficient (Wildman–Crippen LogP) is 7.54. The van der Waals surface area contributed by atoms with Crippen LogP contribution < -0.4 is 14.8 Å². The zero-order chi connectivity index (χ0) is 32.4. The fourth-order valence-electron chi connectivity index (χ4n) is 7.17. The van der Waals surface area contributed by atoms with Crippen LogP contribution in [0.3, 0.4) is 0 Å². The van der Waals surface area contributed by atoms with Crippen molar-refractivity contribution in [2.24, 2.45) is 0 Å². The summed E-state index contributed by atoms with van der Waals surface area (Å²) in [5, 5.41) is 29.6. The molecule has 7 rings (SSSR count). The normalized spacial score (nSPS) is 12.9. The second-order valence-electron chi connectivity index (χ2n) is 11.8. The average Bonchev–Trinajstić information content (AvgIpc) is 3.35. The maximum Gasteiger partial charge on any atom is 0.140 e. The molecule has 0 saturated heterocycles. The zero-order valence-electron chi connectivity index (χ0n) is 26.5. The van der Waals surface area contributed by atoms with E-state index in [0.29, 0.717) is 24.6 Å². The highest BCUT2D eigenvalue weighted by Crippen LogP contribution is 2.51. The molecule has 6 aromatic rings. The summed E-state index contributed by atoms with van der Waals surface area (Å²) in [6.45, 7) is 0.881. The molecule has 234 valence electrons. The van der Waals surface area contributed by atoms with Crippen LogP contribution in [-0.2, 0) is 24.3 Å². The van der Waals surface area contributed by atoms with Crippen molar-refractivity contribution >= 4 is 0 Å². The van der Waals surface area contributed by atoms with Crippen molar-refractivity contribution in [2.75, 3.05) is 14.2 Å². The Kier molecular flexibility index (Phi) is 8.12. The number of nitrogens with one attached hydrogen (secondary N) is 1. The first-order valence-corrected chi connectivity index (χ1v) is 15.8. The number of methoxy groups -OCH3 is 2. The molecule has 0 radical (unpaired) electrons. The van der Waals surface area contributed by atoms with Gasteiger partial charge < -0.3 is 25.0 Å². The first-order chi connectivity index (χ1) is 23.0. The summed E-state index contributed by atoms with van der Waals surface area (Å²) in [5.41, 5.74) is 4.97. The highest BCUT2D eigenvalue weighted by molar-refractivity contribution is 5.85. The fourth-order valence-corrected chi connectivity index (χ4v) is 7.17. The standard InChI is InChI=1S/C42H37NO4/c1-46-37-25-23-35(41(44,29-15-7-3-8-16-29)30-17-9-4-10-18-30)33-27-43-28-34-36(24-26-38(47-2)40(34)39(33)37)42(45,31-19-11-5-12-20-31)32-21-13-6-14-22-32/h3-26,43-45H,27-28H2,1-2H3. The van der Waals surface area contributed by atoms with Crippen molar-refractivity contribution in [1.82, 2.24) is 5.32 Å². The molecule has 0 unspecified atom stereocenters. The largest absolute Gasteiger partial charge is 0.496 e. The van der Waals surface area contributed by atoms with Gasteiger partial charge in [-0.1, -0.05) is 133 Å². The van der Waals surface area contributed by atoms with Crippen LogP contribution in [0.5, 0.6) is 11.5 Å². The lowest BCUT2D eigenvalue weighted by Crippen LogP contribution is -2.31. The first-order valence-electron chi connectivity index (χ1n) is 15.8. The van der Waals surface area contributed by atoms with Crippen LogP contribution in [0.1, 0.15) is 44.5 Å². The third kappa shape index (κ3) is 5.00. The van der Waals surface area contributed by atoms with Gasteiger partial charge in [-0.3, -0.25) is 0 Å². The van der Waals surface area contributed by atoms with Crippen molar-refractivity contribution in [2.45, 2.75) is 24.3 Å². The Bertz CT molecular complexity index is 1770. The van der Waals surface area contributed by atoms with Gasteiger partial charge in [-0.15, -0.1) is 0 Å². The molecule has 5 heteroatoms. The Labute approximate surface area is 275 Å². The molecule has 5 nitrogen and oxygen atoms in total. The third-order valence-corrected chi connectivity index (χ3v) is 9.39. The molecule has 1 heterocycles. The molecule has 47 heavy (non-hydrogen) atoms. The van der Waals surface area contributed by atoms with Crippen molar-refractivity contribution in [3.8, 4) is 22.6 Å². The summed E-state index contributed by atoms with van der Waals surface area (Å²) in [7, 11) is 3.32. The maximum atomic E-state index is 13.0. The molecule has 0 fully saturated rings. The van der Waals surface area contributed by atoms with Crippen molar-refractivity contribution in [1.29, 1.82) is 0 Å². The Balaban J connectivity index is 1.56. The maximum absolute atomic E-state index is 13.0. The van der Waals surface area contributed by atoms with Crippen LogP contribution in [0.25, 0.3) is 11.1 Å². The van der Waals surface area contributed by atoms with E-state index in [1.165, 1.54) is 0 Å². The number of ether oxygens (including phenoxy) is 2. The van der Waals surface area contributed by atoms with E-state index in [-0.39, 0.29) is 0 Å². The lowest BCUT2D eigenvalue weighted by Gasteiger charge is -2.34. The van der Waals surface area contributed by atoms with Gasteiger partial charge in [-0.05, 0) is 56.6 Å². The number of rotatable bonds is 8. The number of aliphatic hydroxyl groups is 2. The smallest absolute Gasteiger partial charge is 0.140 e. The highest BCUT2D eigenvalue weighted by atomic mass is 16.5. The number of hydrogen-bond acceptors (Lipinski definition) is 5. The van der Waals surface area contributed by atoms with Gasteiger partial charge in [0.25, 0.3) is 0 Å². The molecule has 0 aromatic heterocycles. The first kappa shape index (κ1) is 30.5. The highest BCUT2D eigenvalue weighted by Gasteiger charge is 2.41. The quantitative estimate of drug-likeness (QED) is 0.154. The second kappa shape index (κ2) is 12.5. The number of benzene rings is 6. The lowest BCUT2D eigenvalue weighted by atomic mass is 9.74. The molecule has 0 amide bonds. The van der Waals surface area contributed by atoms with Crippen LogP contribution in [0.15, 0.2) is 146 Å². The van der Waals surface area contributed by atoms with E-state index in [0.717, 1.165) is 55.6 Å². The summed E-state index contributed by atoms with van der Waals surface area (Å²) >= 11 is 0. The predicted molar refractivity (Wildman–Crippen MR) is 185 cm³/mol. The minimum atomic E-state index is -1.47. The molecular formula is C42H37NO4. The molecule has 6 aromatic carbocycles. The Morgan fingerprint density at radius 1 is 0.447 bits per heavy atom. The summed E-state index contributed by atoms with van der Waals surface area (Å²) < 4.78 is 12.1. The van der Waals surface area contributed by atoms with Crippen LogP contribution >= 0.6 is 0 Å². The van der Waals surface area contributed by atoms with E-state index in [4.69, 9.17) is 9.47 Å². The molecular weight excluding hydrogens is 582 g/mol.